The molecule has 8 nitrogen and oxygen atoms in total. The van der Waals surface area contributed by atoms with Crippen LogP contribution in [0.4, 0.5) is 10.3 Å². The number of hydrogen-bond acceptors (Lipinski definition) is 7. The lowest BCUT2D eigenvalue weighted by Crippen LogP contribution is -2.43. The lowest BCUT2D eigenvalue weighted by atomic mass is 10.0. The molecule has 3 heterocycles. The average Bonchev–Trinajstić information content (AvgIpc) is 2.79. The molecule has 1 aromatic carbocycles. The quantitative estimate of drug-likeness (QED) is 0.620. The summed E-state index contributed by atoms with van der Waals surface area (Å²) >= 11 is 5.71. The predicted octanol–water partition coefficient (Wildman–Crippen LogP) is 2.40. The van der Waals surface area contributed by atoms with E-state index in [0.29, 0.717) is 43.4 Å². The fraction of sp³-hybridized carbons (Fsp3) is 0.476. The van der Waals surface area contributed by atoms with Crippen molar-refractivity contribution < 1.29 is 23.8 Å². The second-order valence-electron chi connectivity index (χ2n) is 7.62. The number of aliphatic hydroxyl groups is 1. The predicted molar refractivity (Wildman–Crippen MR) is 112 cm³/mol. The van der Waals surface area contributed by atoms with Crippen LogP contribution in [0.15, 0.2) is 24.4 Å². The number of ether oxygens (including phenoxy) is 2. The first kappa shape index (κ1) is 21.7. The van der Waals surface area contributed by atoms with Crippen molar-refractivity contribution >= 4 is 23.5 Å². The van der Waals surface area contributed by atoms with E-state index in [0.717, 1.165) is 18.4 Å². The van der Waals surface area contributed by atoms with Gasteiger partial charge >= 0.3 is 0 Å². The van der Waals surface area contributed by atoms with Crippen molar-refractivity contribution in [1.82, 2.24) is 15.3 Å². The number of carbonyl (C=O) groups is 1. The number of fused-ring (bicyclic) bond motifs is 1. The molecule has 0 saturated carbocycles. The van der Waals surface area contributed by atoms with Crippen molar-refractivity contribution in [2.45, 2.75) is 43.9 Å². The number of hydrogen-bond donors (Lipinski definition) is 3. The zero-order chi connectivity index (χ0) is 21.8. The summed E-state index contributed by atoms with van der Waals surface area (Å²) in [5.41, 5.74) is 1.25. The van der Waals surface area contributed by atoms with Crippen LogP contribution in [0.2, 0.25) is 5.02 Å². The molecule has 2 aliphatic heterocycles. The van der Waals surface area contributed by atoms with Crippen LogP contribution in [0.1, 0.15) is 36.4 Å². The standard InChI is InChI=1S/C21H24ClFN4O4/c22-15-3-1-12(9-16(15)23)17(11-28)26-19(29)18-4-2-13-10-24-21(27-20(13)31-18)25-14-5-7-30-8-6-14/h1,3,9-10,14,17-18,28H,2,4-8,11H2,(H,26,29)(H,24,25,27)/t17-,18-/m1/s1. The summed E-state index contributed by atoms with van der Waals surface area (Å²) in [5.74, 6) is -0.195. The van der Waals surface area contributed by atoms with Gasteiger partial charge in [-0.05, 0) is 43.4 Å². The third kappa shape index (κ3) is 5.23. The minimum Gasteiger partial charge on any atom is -0.464 e. The van der Waals surface area contributed by atoms with E-state index in [2.05, 4.69) is 20.6 Å². The average molecular weight is 451 g/mol. The number of aryl methyl sites for hydroxylation is 1. The SMILES string of the molecule is O=C(N[C@H](CO)c1ccc(Cl)c(F)c1)[C@H]1CCc2cnc(NC3CCOCC3)nc2O1. The molecule has 0 spiro atoms. The molecule has 0 aliphatic carbocycles. The summed E-state index contributed by atoms with van der Waals surface area (Å²) in [7, 11) is 0. The van der Waals surface area contributed by atoms with Crippen molar-refractivity contribution in [2.24, 2.45) is 0 Å². The zero-order valence-corrected chi connectivity index (χ0v) is 17.6. The van der Waals surface area contributed by atoms with Gasteiger partial charge in [-0.15, -0.1) is 0 Å². The normalized spacial score (nSPS) is 19.8. The van der Waals surface area contributed by atoms with Gasteiger partial charge in [0.25, 0.3) is 5.91 Å². The van der Waals surface area contributed by atoms with Crippen LogP contribution in [0.5, 0.6) is 5.88 Å². The number of nitrogens with one attached hydrogen (secondary N) is 2. The summed E-state index contributed by atoms with van der Waals surface area (Å²) in [6.07, 6.45) is 3.72. The first-order valence-corrected chi connectivity index (χ1v) is 10.6. The molecule has 2 aliphatic rings. The number of benzene rings is 1. The molecule has 2 aromatic rings. The van der Waals surface area contributed by atoms with Gasteiger partial charge in [0.1, 0.15) is 5.82 Å². The molecule has 166 valence electrons. The van der Waals surface area contributed by atoms with Crippen LogP contribution in [0.25, 0.3) is 0 Å². The van der Waals surface area contributed by atoms with Gasteiger partial charge < -0.3 is 25.2 Å². The number of aromatic nitrogens is 2. The van der Waals surface area contributed by atoms with Gasteiger partial charge in [-0.1, -0.05) is 17.7 Å². The van der Waals surface area contributed by atoms with Gasteiger partial charge in [0.05, 0.1) is 17.7 Å². The van der Waals surface area contributed by atoms with Gasteiger partial charge in [-0.25, -0.2) is 9.37 Å². The number of halogens is 2. The molecular weight excluding hydrogens is 427 g/mol. The minimum atomic E-state index is -0.777. The van der Waals surface area contributed by atoms with E-state index in [-0.39, 0.29) is 11.1 Å². The second-order valence-corrected chi connectivity index (χ2v) is 8.02. The molecule has 31 heavy (non-hydrogen) atoms. The maximum atomic E-state index is 13.8. The summed E-state index contributed by atoms with van der Waals surface area (Å²) in [6, 6.07) is 3.60. The topological polar surface area (TPSA) is 106 Å². The van der Waals surface area contributed by atoms with E-state index >= 15 is 0 Å². The molecule has 1 amide bonds. The minimum absolute atomic E-state index is 0.0242. The largest absolute Gasteiger partial charge is 0.464 e. The third-order valence-corrected chi connectivity index (χ3v) is 5.75. The van der Waals surface area contributed by atoms with E-state index in [1.807, 2.05) is 0 Å². The molecule has 4 rings (SSSR count). The van der Waals surface area contributed by atoms with Gasteiger partial charge in [-0.3, -0.25) is 4.79 Å². The van der Waals surface area contributed by atoms with Gasteiger partial charge in [0.2, 0.25) is 11.8 Å². The van der Waals surface area contributed by atoms with Crippen LogP contribution in [-0.2, 0) is 16.0 Å². The number of amides is 1. The molecule has 1 fully saturated rings. The lowest BCUT2D eigenvalue weighted by molar-refractivity contribution is -0.130. The van der Waals surface area contributed by atoms with Gasteiger partial charge in [0, 0.05) is 31.0 Å². The summed E-state index contributed by atoms with van der Waals surface area (Å²) in [6.45, 7) is 1.01. The molecule has 10 heteroatoms. The van der Waals surface area contributed by atoms with Crippen molar-refractivity contribution in [3.63, 3.8) is 0 Å². The fourth-order valence-corrected chi connectivity index (χ4v) is 3.77. The van der Waals surface area contributed by atoms with Crippen LogP contribution >= 0.6 is 11.6 Å². The number of rotatable bonds is 6. The number of aliphatic hydroxyl groups excluding tert-OH is 1. The van der Waals surface area contributed by atoms with E-state index in [9.17, 15) is 14.3 Å². The van der Waals surface area contributed by atoms with Crippen molar-refractivity contribution in [2.75, 3.05) is 25.1 Å². The maximum Gasteiger partial charge on any atom is 0.261 e. The number of anilines is 1. The highest BCUT2D eigenvalue weighted by Gasteiger charge is 2.29. The van der Waals surface area contributed by atoms with Crippen LogP contribution in [-0.4, -0.2) is 52.9 Å². The monoisotopic (exact) mass is 450 g/mol. The Balaban J connectivity index is 1.41. The van der Waals surface area contributed by atoms with E-state index in [1.165, 1.54) is 12.1 Å². The van der Waals surface area contributed by atoms with Gasteiger partial charge in [-0.2, -0.15) is 4.98 Å². The summed E-state index contributed by atoms with van der Waals surface area (Å²) in [5, 5.41) is 15.7. The zero-order valence-electron chi connectivity index (χ0n) is 16.8. The summed E-state index contributed by atoms with van der Waals surface area (Å²) < 4.78 is 25.0. The molecule has 1 aromatic heterocycles. The van der Waals surface area contributed by atoms with Crippen molar-refractivity contribution in [3.05, 3.63) is 46.4 Å². The Kier molecular flexibility index (Phi) is 6.84. The highest BCUT2D eigenvalue weighted by atomic mass is 35.5. The Morgan fingerprint density at radius 1 is 1.32 bits per heavy atom. The molecule has 3 N–H and O–H groups in total. The molecule has 0 radical (unpaired) electrons. The third-order valence-electron chi connectivity index (χ3n) is 5.45. The summed E-state index contributed by atoms with van der Waals surface area (Å²) in [4.78, 5) is 21.6. The van der Waals surface area contributed by atoms with Crippen molar-refractivity contribution in [1.29, 1.82) is 0 Å². The Hall–Kier alpha value is -2.49. The van der Waals surface area contributed by atoms with E-state index in [4.69, 9.17) is 21.1 Å². The molecule has 2 atom stereocenters. The van der Waals surface area contributed by atoms with Crippen LogP contribution in [0, 0.1) is 5.82 Å². The highest BCUT2D eigenvalue weighted by Crippen LogP contribution is 2.27. The Labute approximate surface area is 184 Å². The highest BCUT2D eigenvalue weighted by molar-refractivity contribution is 6.30. The van der Waals surface area contributed by atoms with E-state index in [1.54, 1.807) is 12.3 Å². The number of nitrogens with zero attached hydrogens (tertiary/aromatic N) is 2. The second kappa shape index (κ2) is 9.76. The molecule has 0 bridgehead atoms. The lowest BCUT2D eigenvalue weighted by Gasteiger charge is -2.27. The number of carbonyl (C=O) groups excluding carboxylic acids is 1. The fourth-order valence-electron chi connectivity index (χ4n) is 3.65. The molecular formula is C21H24ClFN4O4. The smallest absolute Gasteiger partial charge is 0.261 e. The molecule has 1 saturated heterocycles. The first-order valence-electron chi connectivity index (χ1n) is 10.3. The Bertz CT molecular complexity index is 942. The van der Waals surface area contributed by atoms with E-state index < -0.39 is 30.5 Å². The first-order chi connectivity index (χ1) is 15.0. The molecule has 0 unspecified atom stereocenters. The maximum absolute atomic E-state index is 13.8. The van der Waals surface area contributed by atoms with Crippen LogP contribution < -0.4 is 15.4 Å². The Morgan fingerprint density at radius 3 is 2.87 bits per heavy atom. The Morgan fingerprint density at radius 2 is 2.13 bits per heavy atom. The van der Waals surface area contributed by atoms with Crippen molar-refractivity contribution in [3.8, 4) is 5.88 Å². The van der Waals surface area contributed by atoms with Crippen LogP contribution in [0.3, 0.4) is 0 Å². The van der Waals surface area contributed by atoms with Gasteiger partial charge in [0.15, 0.2) is 6.10 Å².